The van der Waals surface area contributed by atoms with E-state index in [9.17, 15) is 23.1 Å². The molecule has 1 fully saturated rings. The van der Waals surface area contributed by atoms with Crippen molar-refractivity contribution in [1.29, 1.82) is 0 Å². The number of aliphatic carboxylic acids is 1. The lowest BCUT2D eigenvalue weighted by atomic mass is 10.1. The quantitative estimate of drug-likeness (QED) is 0.859. The van der Waals surface area contributed by atoms with E-state index in [2.05, 4.69) is 0 Å². The normalized spacial score (nSPS) is 20.4. The molecule has 1 N–H and O–H groups in total. The van der Waals surface area contributed by atoms with Crippen molar-refractivity contribution in [2.75, 3.05) is 24.7 Å². The van der Waals surface area contributed by atoms with Gasteiger partial charge < -0.3 is 14.7 Å². The first-order valence-corrected chi connectivity index (χ1v) is 8.63. The Morgan fingerprint density at radius 2 is 2.14 bits per heavy atom. The van der Waals surface area contributed by atoms with E-state index in [1.165, 1.54) is 6.07 Å². The third kappa shape index (κ3) is 3.56. The molecule has 0 saturated carbocycles. The number of carbonyl (C=O) groups is 2. The van der Waals surface area contributed by atoms with Crippen molar-refractivity contribution in [3.63, 3.8) is 0 Å². The second kappa shape index (κ2) is 6.35. The first kappa shape index (κ1) is 16.3. The summed E-state index contributed by atoms with van der Waals surface area (Å²) < 4.78 is 28.5. The van der Waals surface area contributed by atoms with Gasteiger partial charge in [-0.1, -0.05) is 6.07 Å². The number of ether oxygens (including phenoxy) is 1. The van der Waals surface area contributed by atoms with Crippen molar-refractivity contribution in [3.8, 4) is 5.75 Å². The van der Waals surface area contributed by atoms with Crippen LogP contribution in [0.4, 0.5) is 0 Å². The second-order valence-corrected chi connectivity index (χ2v) is 7.16. The Hall–Kier alpha value is -2.09. The molecule has 1 aromatic carbocycles. The number of amides is 1. The van der Waals surface area contributed by atoms with E-state index in [1.807, 2.05) is 6.92 Å². The molecule has 1 saturated heterocycles. The van der Waals surface area contributed by atoms with Crippen LogP contribution in [-0.4, -0.2) is 61.0 Å². The lowest BCUT2D eigenvalue weighted by Gasteiger charge is -2.32. The zero-order valence-electron chi connectivity index (χ0n) is 12.1. The Morgan fingerprint density at radius 1 is 1.41 bits per heavy atom. The van der Waals surface area contributed by atoms with Crippen LogP contribution in [-0.2, 0) is 14.6 Å². The summed E-state index contributed by atoms with van der Waals surface area (Å²) >= 11 is 0. The molecule has 0 spiro atoms. The van der Waals surface area contributed by atoms with Crippen LogP contribution in [0.3, 0.4) is 0 Å². The SMILES string of the molecule is CCOc1cccc(C(=O)N2CCS(=O)(=O)CC2C(=O)O)c1. The van der Waals surface area contributed by atoms with Crippen molar-refractivity contribution in [1.82, 2.24) is 4.90 Å². The van der Waals surface area contributed by atoms with Crippen LogP contribution in [0.1, 0.15) is 17.3 Å². The molecule has 1 amide bonds. The maximum atomic E-state index is 12.5. The summed E-state index contributed by atoms with van der Waals surface area (Å²) in [6.07, 6.45) is 0. The summed E-state index contributed by atoms with van der Waals surface area (Å²) in [6.45, 7) is 2.12. The first-order valence-electron chi connectivity index (χ1n) is 6.81. The van der Waals surface area contributed by atoms with Gasteiger partial charge in [0.2, 0.25) is 0 Å². The third-order valence-electron chi connectivity index (χ3n) is 3.37. The topological polar surface area (TPSA) is 101 Å². The third-order valence-corrected chi connectivity index (χ3v) is 5.00. The summed E-state index contributed by atoms with van der Waals surface area (Å²) in [5.41, 5.74) is 0.275. The zero-order valence-corrected chi connectivity index (χ0v) is 12.9. The van der Waals surface area contributed by atoms with Gasteiger partial charge in [0.1, 0.15) is 11.8 Å². The van der Waals surface area contributed by atoms with E-state index in [1.54, 1.807) is 18.2 Å². The number of carbonyl (C=O) groups excluding carboxylic acids is 1. The van der Waals surface area contributed by atoms with Crippen LogP contribution in [0.5, 0.6) is 5.75 Å². The molecule has 8 heteroatoms. The van der Waals surface area contributed by atoms with Crippen LogP contribution >= 0.6 is 0 Å². The predicted octanol–water partition coefficient (Wildman–Crippen LogP) is 0.409. The molecule has 1 aromatic rings. The van der Waals surface area contributed by atoms with Gasteiger partial charge in [0.15, 0.2) is 9.84 Å². The van der Waals surface area contributed by atoms with Gasteiger partial charge in [-0.2, -0.15) is 0 Å². The minimum atomic E-state index is -3.44. The fraction of sp³-hybridized carbons (Fsp3) is 0.429. The van der Waals surface area contributed by atoms with Gasteiger partial charge >= 0.3 is 5.97 Å². The molecule has 0 radical (unpaired) electrons. The molecule has 0 aromatic heterocycles. The number of benzene rings is 1. The van der Waals surface area contributed by atoms with Crippen molar-refractivity contribution in [3.05, 3.63) is 29.8 Å². The molecule has 2 rings (SSSR count). The summed E-state index contributed by atoms with van der Waals surface area (Å²) in [5.74, 6) is -2.11. The lowest BCUT2D eigenvalue weighted by Crippen LogP contribution is -2.54. The minimum Gasteiger partial charge on any atom is -0.494 e. The van der Waals surface area contributed by atoms with Crippen molar-refractivity contribution in [2.24, 2.45) is 0 Å². The zero-order chi connectivity index (χ0) is 16.3. The number of rotatable bonds is 4. The van der Waals surface area contributed by atoms with Gasteiger partial charge in [-0.3, -0.25) is 4.79 Å². The molecular formula is C14H17NO6S. The van der Waals surface area contributed by atoms with E-state index in [0.29, 0.717) is 12.4 Å². The van der Waals surface area contributed by atoms with Gasteiger partial charge in [-0.15, -0.1) is 0 Å². The maximum absolute atomic E-state index is 12.5. The standard InChI is InChI=1S/C14H17NO6S/c1-2-21-11-5-3-4-10(8-11)13(16)15-6-7-22(19,20)9-12(15)14(17)18/h3-5,8,12H,2,6-7,9H2,1H3,(H,17,18). The Labute approximate surface area is 128 Å². The van der Waals surface area contributed by atoms with Gasteiger partial charge in [0, 0.05) is 12.1 Å². The average molecular weight is 327 g/mol. The van der Waals surface area contributed by atoms with Crippen molar-refractivity contribution in [2.45, 2.75) is 13.0 Å². The van der Waals surface area contributed by atoms with Crippen molar-refractivity contribution >= 4 is 21.7 Å². The van der Waals surface area contributed by atoms with E-state index in [-0.39, 0.29) is 17.9 Å². The van der Waals surface area contributed by atoms with Gasteiger partial charge in [0.25, 0.3) is 5.91 Å². The fourth-order valence-corrected chi connectivity index (χ4v) is 3.75. The predicted molar refractivity (Wildman–Crippen MR) is 78.7 cm³/mol. The molecule has 1 aliphatic heterocycles. The minimum absolute atomic E-state index is 0.128. The molecule has 1 aliphatic rings. The Bertz CT molecular complexity index is 684. The molecule has 22 heavy (non-hydrogen) atoms. The van der Waals surface area contributed by atoms with Crippen LogP contribution in [0.15, 0.2) is 24.3 Å². The maximum Gasteiger partial charge on any atom is 0.327 e. The first-order chi connectivity index (χ1) is 10.3. The second-order valence-electron chi connectivity index (χ2n) is 4.93. The van der Waals surface area contributed by atoms with Gasteiger partial charge in [-0.05, 0) is 25.1 Å². The van der Waals surface area contributed by atoms with Gasteiger partial charge in [0.05, 0.1) is 18.1 Å². The highest BCUT2D eigenvalue weighted by Crippen LogP contribution is 2.19. The molecule has 7 nitrogen and oxygen atoms in total. The Kier molecular flexibility index (Phi) is 4.70. The summed E-state index contributed by atoms with van der Waals surface area (Å²) in [6, 6.07) is 5.03. The van der Waals surface area contributed by atoms with Crippen molar-refractivity contribution < 1.29 is 27.9 Å². The molecule has 1 heterocycles. The number of carboxylic acids is 1. The molecular weight excluding hydrogens is 310 g/mol. The van der Waals surface area contributed by atoms with Gasteiger partial charge in [-0.25, -0.2) is 13.2 Å². The number of hydrogen-bond acceptors (Lipinski definition) is 5. The Balaban J connectivity index is 2.27. The largest absolute Gasteiger partial charge is 0.494 e. The number of sulfone groups is 1. The Morgan fingerprint density at radius 3 is 2.77 bits per heavy atom. The highest BCUT2D eigenvalue weighted by Gasteiger charge is 2.38. The highest BCUT2D eigenvalue weighted by molar-refractivity contribution is 7.91. The van der Waals surface area contributed by atoms with Crippen LogP contribution in [0.25, 0.3) is 0 Å². The van der Waals surface area contributed by atoms with E-state index < -0.39 is 33.5 Å². The molecule has 1 unspecified atom stereocenters. The molecule has 0 bridgehead atoms. The average Bonchev–Trinajstić information content (AvgIpc) is 2.46. The van der Waals surface area contributed by atoms with Crippen LogP contribution < -0.4 is 4.74 Å². The van der Waals surface area contributed by atoms with E-state index >= 15 is 0 Å². The van der Waals surface area contributed by atoms with E-state index in [4.69, 9.17) is 4.74 Å². The summed E-state index contributed by atoms with van der Waals surface area (Å²) in [5, 5.41) is 9.19. The number of nitrogens with zero attached hydrogens (tertiary/aromatic N) is 1. The van der Waals surface area contributed by atoms with Crippen LogP contribution in [0.2, 0.25) is 0 Å². The highest BCUT2D eigenvalue weighted by atomic mass is 32.2. The fourth-order valence-electron chi connectivity index (χ4n) is 2.31. The molecule has 1 atom stereocenters. The summed E-state index contributed by atoms with van der Waals surface area (Å²) in [4.78, 5) is 24.9. The molecule has 0 aliphatic carbocycles. The van der Waals surface area contributed by atoms with E-state index in [0.717, 1.165) is 4.90 Å². The van der Waals surface area contributed by atoms with Crippen LogP contribution in [0, 0.1) is 0 Å². The smallest absolute Gasteiger partial charge is 0.327 e. The number of carboxylic acid groups (broad SMARTS) is 1. The molecule has 120 valence electrons. The lowest BCUT2D eigenvalue weighted by molar-refractivity contribution is -0.141. The summed E-state index contributed by atoms with van der Waals surface area (Å²) in [7, 11) is -3.44. The number of hydrogen-bond donors (Lipinski definition) is 1. The monoisotopic (exact) mass is 327 g/mol.